The molecule has 0 bridgehead atoms. The lowest BCUT2D eigenvalue weighted by Crippen LogP contribution is -2.42. The van der Waals surface area contributed by atoms with E-state index in [1.807, 2.05) is 24.3 Å². The number of benzene rings is 2. The third kappa shape index (κ3) is 3.61. The quantitative estimate of drug-likeness (QED) is 0.906. The van der Waals surface area contributed by atoms with Gasteiger partial charge in [0.25, 0.3) is 0 Å². The molecule has 126 valence electrons. The van der Waals surface area contributed by atoms with E-state index in [1.165, 1.54) is 24.3 Å². The second kappa shape index (κ2) is 6.93. The average molecular weight is 365 g/mol. The molecule has 0 unspecified atom stereocenters. The topological polar surface area (TPSA) is 66.5 Å². The molecule has 1 aliphatic heterocycles. The van der Waals surface area contributed by atoms with Crippen molar-refractivity contribution >= 4 is 33.2 Å². The van der Waals surface area contributed by atoms with Crippen LogP contribution < -0.4 is 9.62 Å². The lowest BCUT2D eigenvalue weighted by molar-refractivity contribution is -0.117. The number of aryl methyl sites for hydroxylation is 1. The molecule has 0 radical (unpaired) electrons. The molecule has 0 aliphatic carbocycles. The number of hydrogen-bond acceptors (Lipinski definition) is 3. The Morgan fingerprint density at radius 1 is 1.12 bits per heavy atom. The van der Waals surface area contributed by atoms with Crippen molar-refractivity contribution in [3.05, 3.63) is 59.1 Å². The monoisotopic (exact) mass is 364 g/mol. The van der Waals surface area contributed by atoms with Gasteiger partial charge in [-0.2, -0.15) is 0 Å². The molecule has 1 aliphatic rings. The van der Waals surface area contributed by atoms with Crippen molar-refractivity contribution in [2.45, 2.75) is 17.7 Å². The molecule has 24 heavy (non-hydrogen) atoms. The lowest BCUT2D eigenvalue weighted by Gasteiger charge is -2.29. The first-order valence-corrected chi connectivity index (χ1v) is 9.47. The molecule has 0 atom stereocenters. The number of hydrogen-bond donors (Lipinski definition) is 1. The highest BCUT2D eigenvalue weighted by Gasteiger charge is 2.23. The van der Waals surface area contributed by atoms with Crippen LogP contribution in [0.3, 0.4) is 0 Å². The van der Waals surface area contributed by atoms with Crippen LogP contribution in [0, 0.1) is 0 Å². The van der Waals surface area contributed by atoms with E-state index in [9.17, 15) is 13.2 Å². The third-order valence-corrected chi connectivity index (χ3v) is 5.62. The van der Waals surface area contributed by atoms with Crippen LogP contribution in [0.1, 0.15) is 12.0 Å². The maximum atomic E-state index is 12.5. The zero-order valence-corrected chi connectivity index (χ0v) is 14.5. The minimum absolute atomic E-state index is 0.0822. The summed E-state index contributed by atoms with van der Waals surface area (Å²) in [6.07, 6.45) is 1.79. The van der Waals surface area contributed by atoms with Gasteiger partial charge in [0.1, 0.15) is 0 Å². The maximum Gasteiger partial charge on any atom is 0.242 e. The highest BCUT2D eigenvalue weighted by Crippen LogP contribution is 2.26. The van der Waals surface area contributed by atoms with Gasteiger partial charge in [-0.15, -0.1) is 0 Å². The summed E-state index contributed by atoms with van der Waals surface area (Å²) >= 11 is 5.76. The van der Waals surface area contributed by atoms with Gasteiger partial charge < -0.3 is 4.90 Å². The molecular formula is C17H17ClN2O3S. The van der Waals surface area contributed by atoms with Gasteiger partial charge in [0.05, 0.1) is 11.4 Å². The summed E-state index contributed by atoms with van der Waals surface area (Å²) in [4.78, 5) is 14.2. The SMILES string of the molecule is O=C(CNS(=O)(=O)c1ccc(Cl)cc1)N1CCCc2ccccc21. The van der Waals surface area contributed by atoms with Crippen LogP contribution in [0.25, 0.3) is 0 Å². The maximum absolute atomic E-state index is 12.5. The largest absolute Gasteiger partial charge is 0.311 e. The molecule has 0 aromatic heterocycles. The van der Waals surface area contributed by atoms with Gasteiger partial charge in [-0.25, -0.2) is 13.1 Å². The molecule has 1 heterocycles. The van der Waals surface area contributed by atoms with E-state index in [0.29, 0.717) is 11.6 Å². The minimum Gasteiger partial charge on any atom is -0.311 e. The molecule has 7 heteroatoms. The number of para-hydroxylation sites is 1. The summed E-state index contributed by atoms with van der Waals surface area (Å²) in [7, 11) is -3.74. The van der Waals surface area contributed by atoms with Crippen molar-refractivity contribution in [1.82, 2.24) is 4.72 Å². The van der Waals surface area contributed by atoms with Gasteiger partial charge >= 0.3 is 0 Å². The number of halogens is 1. The van der Waals surface area contributed by atoms with Gasteiger partial charge in [-0.1, -0.05) is 29.8 Å². The zero-order valence-electron chi connectivity index (χ0n) is 12.9. The summed E-state index contributed by atoms with van der Waals surface area (Å²) in [6.45, 7) is 0.317. The minimum atomic E-state index is -3.74. The smallest absolute Gasteiger partial charge is 0.242 e. The number of nitrogens with one attached hydrogen (secondary N) is 1. The van der Waals surface area contributed by atoms with Crippen LogP contribution in [-0.2, 0) is 21.2 Å². The van der Waals surface area contributed by atoms with Gasteiger partial charge in [-0.3, -0.25) is 4.79 Å². The molecule has 2 aromatic rings. The van der Waals surface area contributed by atoms with E-state index in [4.69, 9.17) is 11.6 Å². The summed E-state index contributed by atoms with van der Waals surface area (Å²) in [6, 6.07) is 13.5. The Morgan fingerprint density at radius 2 is 1.83 bits per heavy atom. The Kier molecular flexibility index (Phi) is 4.89. The van der Waals surface area contributed by atoms with Crippen LogP contribution in [0.5, 0.6) is 0 Å². The number of carbonyl (C=O) groups excluding carboxylic acids is 1. The number of fused-ring (bicyclic) bond motifs is 1. The average Bonchev–Trinajstić information content (AvgIpc) is 2.59. The Balaban J connectivity index is 1.71. The van der Waals surface area contributed by atoms with E-state index < -0.39 is 10.0 Å². The van der Waals surface area contributed by atoms with Crippen molar-refractivity contribution in [3.8, 4) is 0 Å². The van der Waals surface area contributed by atoms with Crippen molar-refractivity contribution in [1.29, 1.82) is 0 Å². The zero-order chi connectivity index (χ0) is 17.2. The second-order valence-corrected chi connectivity index (χ2v) is 7.76. The van der Waals surface area contributed by atoms with E-state index in [0.717, 1.165) is 24.1 Å². The number of nitrogens with zero attached hydrogens (tertiary/aromatic N) is 1. The normalized spacial score (nSPS) is 14.3. The fraction of sp³-hybridized carbons (Fsp3) is 0.235. The molecule has 0 spiro atoms. The molecule has 0 saturated carbocycles. The fourth-order valence-corrected chi connectivity index (χ4v) is 3.84. The predicted molar refractivity (Wildman–Crippen MR) is 93.8 cm³/mol. The van der Waals surface area contributed by atoms with Crippen molar-refractivity contribution in [2.75, 3.05) is 18.0 Å². The summed E-state index contributed by atoms with van der Waals surface area (Å²) in [5.74, 6) is -0.264. The van der Waals surface area contributed by atoms with Gasteiger partial charge in [0, 0.05) is 17.3 Å². The van der Waals surface area contributed by atoms with Gasteiger partial charge in [0.2, 0.25) is 15.9 Å². The van der Waals surface area contributed by atoms with E-state index >= 15 is 0 Å². The van der Waals surface area contributed by atoms with E-state index in [1.54, 1.807) is 4.90 Å². The molecule has 0 fully saturated rings. The highest BCUT2D eigenvalue weighted by molar-refractivity contribution is 7.89. The Hall–Kier alpha value is -1.89. The summed E-state index contributed by atoms with van der Waals surface area (Å²) < 4.78 is 26.9. The first-order valence-electron chi connectivity index (χ1n) is 7.61. The Morgan fingerprint density at radius 3 is 2.58 bits per heavy atom. The van der Waals surface area contributed by atoms with Crippen molar-refractivity contribution < 1.29 is 13.2 Å². The molecular weight excluding hydrogens is 348 g/mol. The fourth-order valence-electron chi connectivity index (χ4n) is 2.74. The number of sulfonamides is 1. The van der Waals surface area contributed by atoms with Crippen LogP contribution in [0.4, 0.5) is 5.69 Å². The predicted octanol–water partition coefficient (Wildman–Crippen LogP) is 2.60. The van der Waals surface area contributed by atoms with E-state index in [2.05, 4.69) is 4.72 Å². The van der Waals surface area contributed by atoms with Crippen molar-refractivity contribution in [3.63, 3.8) is 0 Å². The lowest BCUT2D eigenvalue weighted by atomic mass is 10.0. The molecule has 3 rings (SSSR count). The number of carbonyl (C=O) groups is 1. The first kappa shape index (κ1) is 17.0. The molecule has 1 amide bonds. The molecule has 1 N–H and O–H groups in total. The summed E-state index contributed by atoms with van der Waals surface area (Å²) in [5, 5.41) is 0.454. The van der Waals surface area contributed by atoms with Gasteiger partial charge in [0.15, 0.2) is 0 Å². The second-order valence-electron chi connectivity index (χ2n) is 5.56. The van der Waals surface area contributed by atoms with Crippen LogP contribution in [0.15, 0.2) is 53.4 Å². The van der Waals surface area contributed by atoms with Crippen molar-refractivity contribution in [2.24, 2.45) is 0 Å². The van der Waals surface area contributed by atoms with Crippen LogP contribution in [-0.4, -0.2) is 27.4 Å². The van der Waals surface area contributed by atoms with Crippen LogP contribution >= 0.6 is 11.6 Å². The third-order valence-electron chi connectivity index (χ3n) is 3.95. The molecule has 5 nitrogen and oxygen atoms in total. The number of anilines is 1. The van der Waals surface area contributed by atoms with E-state index in [-0.39, 0.29) is 17.3 Å². The van der Waals surface area contributed by atoms with Gasteiger partial charge in [-0.05, 0) is 48.7 Å². The Bertz CT molecular complexity index is 850. The number of rotatable bonds is 4. The first-order chi connectivity index (χ1) is 11.5. The molecule has 0 saturated heterocycles. The summed E-state index contributed by atoms with van der Waals surface area (Å²) in [5.41, 5.74) is 1.97. The Labute approximate surface area is 146 Å². The van der Waals surface area contributed by atoms with Crippen LogP contribution in [0.2, 0.25) is 5.02 Å². The standard InChI is InChI=1S/C17H17ClN2O3S/c18-14-7-9-15(10-8-14)24(22,23)19-12-17(21)20-11-3-5-13-4-1-2-6-16(13)20/h1-2,4,6-10,19H,3,5,11-12H2. The highest BCUT2D eigenvalue weighted by atomic mass is 35.5. The number of amides is 1. The molecule has 2 aromatic carbocycles.